The van der Waals surface area contributed by atoms with Gasteiger partial charge in [-0.05, 0) is 43.7 Å². The van der Waals surface area contributed by atoms with E-state index in [-0.39, 0.29) is 0 Å². The summed E-state index contributed by atoms with van der Waals surface area (Å²) < 4.78 is 0. The first-order valence-corrected chi connectivity index (χ1v) is 7.34. The summed E-state index contributed by atoms with van der Waals surface area (Å²) in [4.78, 5) is 6.96. The van der Waals surface area contributed by atoms with E-state index in [4.69, 9.17) is 0 Å². The van der Waals surface area contributed by atoms with Crippen molar-refractivity contribution in [1.29, 1.82) is 0 Å². The van der Waals surface area contributed by atoms with Gasteiger partial charge in [0.1, 0.15) is 0 Å². The molecule has 0 bridgehead atoms. The van der Waals surface area contributed by atoms with Crippen molar-refractivity contribution in [2.24, 2.45) is 0 Å². The van der Waals surface area contributed by atoms with Gasteiger partial charge in [-0.25, -0.2) is 0 Å². The van der Waals surface area contributed by atoms with Crippen LogP contribution in [0.1, 0.15) is 31.1 Å². The van der Waals surface area contributed by atoms with Crippen LogP contribution in [0.4, 0.5) is 11.4 Å². The number of aromatic nitrogens is 1. The highest BCUT2D eigenvalue weighted by Gasteiger charge is 2.20. The maximum Gasteiger partial charge on any atom is 0.0597 e. The van der Waals surface area contributed by atoms with E-state index in [1.54, 1.807) is 0 Å². The molecule has 1 aromatic heterocycles. The van der Waals surface area contributed by atoms with Crippen LogP contribution in [0, 0.1) is 0 Å². The van der Waals surface area contributed by atoms with Crippen molar-refractivity contribution in [1.82, 2.24) is 10.3 Å². The van der Waals surface area contributed by atoms with E-state index in [9.17, 15) is 0 Å². The molecule has 0 spiro atoms. The Labute approximate surface area is 120 Å². The van der Waals surface area contributed by atoms with Crippen LogP contribution in [0.15, 0.2) is 42.6 Å². The Morgan fingerprint density at radius 1 is 1.25 bits per heavy atom. The Kier molecular flexibility index (Phi) is 3.70. The van der Waals surface area contributed by atoms with Gasteiger partial charge in [0.2, 0.25) is 0 Å². The van der Waals surface area contributed by atoms with Crippen LogP contribution in [0.25, 0.3) is 0 Å². The highest BCUT2D eigenvalue weighted by atomic mass is 15.2. The van der Waals surface area contributed by atoms with Crippen LogP contribution in [0.2, 0.25) is 0 Å². The monoisotopic (exact) mass is 267 g/mol. The fourth-order valence-corrected chi connectivity index (χ4v) is 2.83. The number of benzene rings is 1. The number of hydrogen-bond acceptors (Lipinski definition) is 3. The smallest absolute Gasteiger partial charge is 0.0597 e. The van der Waals surface area contributed by atoms with E-state index in [0.717, 1.165) is 25.2 Å². The number of fused-ring (bicyclic) bond motifs is 1. The van der Waals surface area contributed by atoms with Gasteiger partial charge in [0, 0.05) is 18.3 Å². The van der Waals surface area contributed by atoms with Gasteiger partial charge in [-0.2, -0.15) is 0 Å². The molecule has 1 N–H and O–H groups in total. The Balaban J connectivity index is 1.82. The van der Waals surface area contributed by atoms with Gasteiger partial charge in [0.05, 0.1) is 17.6 Å². The second-order valence-corrected chi connectivity index (χ2v) is 5.25. The molecule has 104 valence electrons. The average Bonchev–Trinajstić information content (AvgIpc) is 2.92. The minimum Gasteiger partial charge on any atom is -0.340 e. The Bertz CT molecular complexity index is 577. The second kappa shape index (κ2) is 5.63. The molecule has 1 unspecified atom stereocenters. The Morgan fingerprint density at radius 2 is 2.10 bits per heavy atom. The fraction of sp³-hybridized carbons (Fsp3) is 0.353. The molecule has 0 saturated carbocycles. The van der Waals surface area contributed by atoms with E-state index in [1.807, 2.05) is 6.20 Å². The zero-order chi connectivity index (χ0) is 13.9. The number of rotatable bonds is 4. The third kappa shape index (κ3) is 2.41. The number of hydrogen-bond donors (Lipinski definition) is 1. The number of para-hydroxylation sites is 1. The number of nitrogens with zero attached hydrogens (tertiary/aromatic N) is 2. The molecule has 3 heteroatoms. The van der Waals surface area contributed by atoms with Crippen LogP contribution in [-0.4, -0.2) is 18.1 Å². The Hall–Kier alpha value is -1.87. The third-order valence-electron chi connectivity index (χ3n) is 3.92. The molecule has 1 aromatic carbocycles. The number of nitrogens with one attached hydrogen (secondary N) is 1. The molecule has 20 heavy (non-hydrogen) atoms. The minimum atomic E-state index is 0.305. The van der Waals surface area contributed by atoms with Crippen molar-refractivity contribution >= 4 is 11.4 Å². The predicted octanol–water partition coefficient (Wildman–Crippen LogP) is 3.45. The lowest BCUT2D eigenvalue weighted by Gasteiger charge is -2.20. The number of anilines is 2. The highest BCUT2D eigenvalue weighted by Crippen LogP contribution is 2.33. The molecule has 1 aliphatic heterocycles. The van der Waals surface area contributed by atoms with Gasteiger partial charge in [-0.1, -0.05) is 25.1 Å². The van der Waals surface area contributed by atoms with Crippen molar-refractivity contribution in [3.8, 4) is 0 Å². The van der Waals surface area contributed by atoms with E-state index in [2.05, 4.69) is 65.4 Å². The summed E-state index contributed by atoms with van der Waals surface area (Å²) in [5, 5.41) is 3.39. The van der Waals surface area contributed by atoms with Crippen molar-refractivity contribution in [2.45, 2.75) is 26.3 Å². The average molecular weight is 267 g/mol. The molecular formula is C17H21N3. The SMILES string of the molecule is CCNC(C)c1ccc(N2CCc3ccccc32)cn1. The lowest BCUT2D eigenvalue weighted by atomic mass is 10.2. The molecule has 3 nitrogen and oxygen atoms in total. The van der Waals surface area contributed by atoms with Gasteiger partial charge in [0.15, 0.2) is 0 Å². The first-order chi connectivity index (χ1) is 9.79. The van der Waals surface area contributed by atoms with Gasteiger partial charge in [0.25, 0.3) is 0 Å². The molecule has 0 radical (unpaired) electrons. The molecule has 2 aromatic rings. The molecule has 1 atom stereocenters. The molecule has 0 aliphatic carbocycles. The standard InChI is InChI=1S/C17H21N3/c1-3-18-13(2)16-9-8-15(12-19-16)20-11-10-14-6-4-5-7-17(14)20/h4-9,12-13,18H,3,10-11H2,1-2H3. The van der Waals surface area contributed by atoms with Crippen molar-refractivity contribution in [3.05, 3.63) is 53.9 Å². The Morgan fingerprint density at radius 3 is 2.85 bits per heavy atom. The maximum absolute atomic E-state index is 4.61. The normalized spacial score (nSPS) is 15.2. The molecule has 1 aliphatic rings. The third-order valence-corrected chi connectivity index (χ3v) is 3.92. The van der Waals surface area contributed by atoms with E-state index >= 15 is 0 Å². The summed E-state index contributed by atoms with van der Waals surface area (Å²) in [7, 11) is 0. The van der Waals surface area contributed by atoms with Gasteiger partial charge >= 0.3 is 0 Å². The van der Waals surface area contributed by atoms with Crippen LogP contribution in [0.3, 0.4) is 0 Å². The van der Waals surface area contributed by atoms with Crippen LogP contribution >= 0.6 is 0 Å². The van der Waals surface area contributed by atoms with Crippen molar-refractivity contribution < 1.29 is 0 Å². The van der Waals surface area contributed by atoms with E-state index < -0.39 is 0 Å². The summed E-state index contributed by atoms with van der Waals surface area (Å²) in [5.41, 5.74) is 5.03. The van der Waals surface area contributed by atoms with Crippen LogP contribution < -0.4 is 10.2 Å². The zero-order valence-electron chi connectivity index (χ0n) is 12.1. The molecule has 3 rings (SSSR count). The van der Waals surface area contributed by atoms with E-state index in [0.29, 0.717) is 6.04 Å². The molecule has 0 amide bonds. The van der Waals surface area contributed by atoms with Gasteiger partial charge in [-0.15, -0.1) is 0 Å². The quantitative estimate of drug-likeness (QED) is 0.919. The number of pyridine rings is 1. The first-order valence-electron chi connectivity index (χ1n) is 7.34. The molecule has 2 heterocycles. The van der Waals surface area contributed by atoms with Crippen LogP contribution in [0.5, 0.6) is 0 Å². The molecule has 0 saturated heterocycles. The minimum absolute atomic E-state index is 0.305. The summed E-state index contributed by atoms with van der Waals surface area (Å²) in [5.74, 6) is 0. The highest BCUT2D eigenvalue weighted by molar-refractivity contribution is 5.69. The predicted molar refractivity (Wildman–Crippen MR) is 83.5 cm³/mol. The van der Waals surface area contributed by atoms with Crippen molar-refractivity contribution in [2.75, 3.05) is 18.0 Å². The lowest BCUT2D eigenvalue weighted by Crippen LogP contribution is -2.19. The lowest BCUT2D eigenvalue weighted by molar-refractivity contribution is 0.583. The second-order valence-electron chi connectivity index (χ2n) is 5.25. The maximum atomic E-state index is 4.61. The summed E-state index contributed by atoms with van der Waals surface area (Å²) in [6.45, 7) is 6.27. The summed E-state index contributed by atoms with van der Waals surface area (Å²) in [6.07, 6.45) is 3.11. The molecule has 0 fully saturated rings. The largest absolute Gasteiger partial charge is 0.340 e. The van der Waals surface area contributed by atoms with Gasteiger partial charge < -0.3 is 10.2 Å². The summed E-state index contributed by atoms with van der Waals surface area (Å²) >= 11 is 0. The molecular weight excluding hydrogens is 246 g/mol. The fourth-order valence-electron chi connectivity index (χ4n) is 2.83. The van der Waals surface area contributed by atoms with Crippen LogP contribution in [-0.2, 0) is 6.42 Å². The van der Waals surface area contributed by atoms with Gasteiger partial charge in [-0.3, -0.25) is 4.98 Å². The van der Waals surface area contributed by atoms with E-state index in [1.165, 1.54) is 16.9 Å². The summed E-state index contributed by atoms with van der Waals surface area (Å²) in [6, 6.07) is 13.2. The topological polar surface area (TPSA) is 28.2 Å². The van der Waals surface area contributed by atoms with Crippen molar-refractivity contribution in [3.63, 3.8) is 0 Å². The zero-order valence-corrected chi connectivity index (χ0v) is 12.1. The first kappa shape index (κ1) is 13.1.